The Morgan fingerprint density at radius 1 is 1.03 bits per heavy atom. The standard InChI is InChI=1S/C29H26N2O3/c1-15-8-9-17-20(12-15)30-22-13-28(2,14-32)29(3,34-22)31-19-7-5-4-6-16(19)23-18-10-11-21(33)24(18)25(17)26(30)27(23)31/h4-9,12,22,32H,10-11,13-14H2,1-3H3/t22-,28-,29+/m1/s1. The van der Waals surface area contributed by atoms with Gasteiger partial charge >= 0.3 is 0 Å². The third-order valence-corrected chi connectivity index (χ3v) is 9.17. The van der Waals surface area contributed by atoms with Crippen LogP contribution in [0.1, 0.15) is 54.4 Å². The lowest BCUT2D eigenvalue weighted by Crippen LogP contribution is -2.45. The summed E-state index contributed by atoms with van der Waals surface area (Å²) in [6, 6.07) is 15.0. The van der Waals surface area contributed by atoms with Crippen molar-refractivity contribution in [3.63, 3.8) is 0 Å². The van der Waals surface area contributed by atoms with Crippen LogP contribution in [-0.4, -0.2) is 26.6 Å². The number of aliphatic hydroxyl groups is 1. The number of ketones is 1. The molecule has 8 rings (SSSR count). The number of benzene rings is 3. The molecule has 5 heteroatoms. The Bertz CT molecular complexity index is 1770. The Morgan fingerprint density at radius 3 is 2.65 bits per heavy atom. The molecule has 5 aromatic rings. The summed E-state index contributed by atoms with van der Waals surface area (Å²) in [6.45, 7) is 6.43. The molecular formula is C29H26N2O3. The first-order chi connectivity index (χ1) is 16.4. The molecule has 0 amide bonds. The molecule has 1 saturated heterocycles. The fourth-order valence-electron chi connectivity index (χ4n) is 7.32. The highest BCUT2D eigenvalue weighted by Crippen LogP contribution is 2.60. The molecule has 2 aromatic heterocycles. The Balaban J connectivity index is 1.77. The molecule has 2 aliphatic heterocycles. The third-order valence-electron chi connectivity index (χ3n) is 9.17. The predicted octanol–water partition coefficient (Wildman–Crippen LogP) is 5.94. The van der Waals surface area contributed by atoms with Crippen LogP contribution in [0.25, 0.3) is 43.6 Å². The van der Waals surface area contributed by atoms with E-state index in [4.69, 9.17) is 4.74 Å². The predicted molar refractivity (Wildman–Crippen MR) is 133 cm³/mol. The maximum absolute atomic E-state index is 13.4. The van der Waals surface area contributed by atoms with Crippen molar-refractivity contribution >= 4 is 49.4 Å². The molecule has 3 aliphatic rings. The Hall–Kier alpha value is -3.15. The molecule has 2 bridgehead atoms. The van der Waals surface area contributed by atoms with Crippen LogP contribution in [0.2, 0.25) is 0 Å². The van der Waals surface area contributed by atoms with Gasteiger partial charge in [0.2, 0.25) is 0 Å². The fourth-order valence-corrected chi connectivity index (χ4v) is 7.32. The minimum atomic E-state index is -0.729. The van der Waals surface area contributed by atoms with Gasteiger partial charge in [-0.05, 0) is 43.5 Å². The molecule has 3 aromatic carbocycles. The minimum absolute atomic E-state index is 0.0358. The number of para-hydroxylation sites is 1. The average molecular weight is 451 g/mol. The number of Topliss-reactive ketones (excluding diaryl/α,β-unsaturated/α-hetero) is 1. The van der Waals surface area contributed by atoms with Gasteiger partial charge in [0.1, 0.15) is 6.23 Å². The zero-order chi connectivity index (χ0) is 23.1. The number of carbonyl (C=O) groups excluding carboxylic acids is 1. The zero-order valence-corrected chi connectivity index (χ0v) is 19.6. The largest absolute Gasteiger partial charge is 0.396 e. The smallest absolute Gasteiger partial charge is 0.164 e. The number of aromatic nitrogens is 2. The Morgan fingerprint density at radius 2 is 1.82 bits per heavy atom. The van der Waals surface area contributed by atoms with Crippen LogP contribution in [0.5, 0.6) is 0 Å². The van der Waals surface area contributed by atoms with Gasteiger partial charge < -0.3 is 19.0 Å². The lowest BCUT2D eigenvalue weighted by Gasteiger charge is -2.40. The van der Waals surface area contributed by atoms with Crippen molar-refractivity contribution in [1.29, 1.82) is 0 Å². The molecule has 4 heterocycles. The SMILES string of the molecule is Cc1ccc2c3c4c(c5c6ccccc6n6c5c3n(c2c1)[C@H]1C[C@](C)(CO)[C@]6(C)O1)CCC4=O. The molecule has 0 unspecified atom stereocenters. The van der Waals surface area contributed by atoms with E-state index >= 15 is 0 Å². The van der Waals surface area contributed by atoms with E-state index in [1.807, 2.05) is 0 Å². The van der Waals surface area contributed by atoms with Gasteiger partial charge in [0.05, 0.1) is 28.7 Å². The number of ether oxygens (including phenoxy) is 1. The molecule has 170 valence electrons. The van der Waals surface area contributed by atoms with E-state index < -0.39 is 11.1 Å². The van der Waals surface area contributed by atoms with E-state index in [1.165, 1.54) is 16.5 Å². The summed E-state index contributed by atoms with van der Waals surface area (Å²) >= 11 is 0. The normalized spacial score (nSPS) is 27.6. The summed E-state index contributed by atoms with van der Waals surface area (Å²) in [5.74, 6) is 0.245. The number of fused-ring (bicyclic) bond motifs is 13. The van der Waals surface area contributed by atoms with Gasteiger partial charge in [-0.15, -0.1) is 0 Å². The van der Waals surface area contributed by atoms with Crippen molar-refractivity contribution in [2.24, 2.45) is 5.41 Å². The van der Waals surface area contributed by atoms with Crippen LogP contribution < -0.4 is 0 Å². The van der Waals surface area contributed by atoms with Gasteiger partial charge in [-0.25, -0.2) is 0 Å². The zero-order valence-electron chi connectivity index (χ0n) is 19.6. The molecule has 0 saturated carbocycles. The fraction of sp³-hybridized carbons (Fsp3) is 0.345. The van der Waals surface area contributed by atoms with Gasteiger partial charge in [0.25, 0.3) is 0 Å². The summed E-state index contributed by atoms with van der Waals surface area (Å²) in [5.41, 5.74) is 6.53. The van der Waals surface area contributed by atoms with Gasteiger partial charge in [-0.2, -0.15) is 0 Å². The molecule has 5 nitrogen and oxygen atoms in total. The van der Waals surface area contributed by atoms with Crippen molar-refractivity contribution in [1.82, 2.24) is 9.13 Å². The maximum atomic E-state index is 13.4. The van der Waals surface area contributed by atoms with Crippen LogP contribution in [0.15, 0.2) is 42.5 Å². The Labute approximate surface area is 196 Å². The second kappa shape index (κ2) is 5.73. The second-order valence-corrected chi connectivity index (χ2v) is 10.9. The van der Waals surface area contributed by atoms with E-state index in [0.29, 0.717) is 12.8 Å². The minimum Gasteiger partial charge on any atom is -0.396 e. The van der Waals surface area contributed by atoms with Crippen molar-refractivity contribution in [2.75, 3.05) is 6.61 Å². The first-order valence-corrected chi connectivity index (χ1v) is 12.2. The highest BCUT2D eigenvalue weighted by molar-refractivity contribution is 6.31. The summed E-state index contributed by atoms with van der Waals surface area (Å²) in [4.78, 5) is 13.4. The highest BCUT2D eigenvalue weighted by atomic mass is 16.5. The van der Waals surface area contributed by atoms with Gasteiger partial charge in [0.15, 0.2) is 11.5 Å². The summed E-state index contributed by atoms with van der Waals surface area (Å²) in [7, 11) is 0. The van der Waals surface area contributed by atoms with Crippen molar-refractivity contribution in [3.05, 3.63) is 59.2 Å². The van der Waals surface area contributed by atoms with Crippen molar-refractivity contribution < 1.29 is 14.6 Å². The number of nitrogens with zero attached hydrogens (tertiary/aromatic N) is 2. The maximum Gasteiger partial charge on any atom is 0.164 e. The van der Waals surface area contributed by atoms with E-state index in [9.17, 15) is 9.90 Å². The van der Waals surface area contributed by atoms with E-state index in [1.54, 1.807) is 0 Å². The molecule has 1 aliphatic carbocycles. The molecular weight excluding hydrogens is 424 g/mol. The van der Waals surface area contributed by atoms with E-state index in [2.05, 4.69) is 72.4 Å². The summed E-state index contributed by atoms with van der Waals surface area (Å²) < 4.78 is 11.7. The van der Waals surface area contributed by atoms with Crippen LogP contribution in [0, 0.1) is 12.3 Å². The lowest BCUT2D eigenvalue weighted by atomic mass is 9.78. The number of hydrogen-bond donors (Lipinski definition) is 1. The summed E-state index contributed by atoms with van der Waals surface area (Å²) in [5, 5.41) is 15.2. The quantitative estimate of drug-likeness (QED) is 0.344. The van der Waals surface area contributed by atoms with Crippen LogP contribution in [0.4, 0.5) is 0 Å². The van der Waals surface area contributed by atoms with Crippen LogP contribution >= 0.6 is 0 Å². The van der Waals surface area contributed by atoms with Gasteiger partial charge in [-0.3, -0.25) is 4.79 Å². The monoisotopic (exact) mass is 450 g/mol. The number of aliphatic hydroxyl groups excluding tert-OH is 1. The molecule has 3 atom stereocenters. The number of hydrogen-bond acceptors (Lipinski definition) is 3. The lowest BCUT2D eigenvalue weighted by molar-refractivity contribution is -0.149. The molecule has 0 spiro atoms. The van der Waals surface area contributed by atoms with E-state index in [0.717, 1.165) is 50.2 Å². The average Bonchev–Trinajstić information content (AvgIpc) is 3.51. The molecule has 34 heavy (non-hydrogen) atoms. The van der Waals surface area contributed by atoms with E-state index in [-0.39, 0.29) is 18.6 Å². The number of aryl methyl sites for hydroxylation is 2. The summed E-state index contributed by atoms with van der Waals surface area (Å²) in [6.07, 6.45) is 1.81. The molecule has 1 fully saturated rings. The van der Waals surface area contributed by atoms with Crippen molar-refractivity contribution in [3.8, 4) is 0 Å². The van der Waals surface area contributed by atoms with Gasteiger partial charge in [0, 0.05) is 45.4 Å². The first-order valence-electron chi connectivity index (χ1n) is 12.2. The molecule has 1 N–H and O–H groups in total. The number of rotatable bonds is 1. The third kappa shape index (κ3) is 1.85. The van der Waals surface area contributed by atoms with Gasteiger partial charge in [-0.1, -0.05) is 37.3 Å². The Kier molecular flexibility index (Phi) is 3.23. The highest BCUT2D eigenvalue weighted by Gasteiger charge is 2.58. The topological polar surface area (TPSA) is 56.4 Å². The molecule has 0 radical (unpaired) electrons. The first kappa shape index (κ1) is 19.2. The van der Waals surface area contributed by atoms with Crippen LogP contribution in [0.3, 0.4) is 0 Å². The van der Waals surface area contributed by atoms with Crippen LogP contribution in [-0.2, 0) is 16.9 Å². The van der Waals surface area contributed by atoms with Crippen molar-refractivity contribution in [2.45, 2.75) is 52.0 Å². The second-order valence-electron chi connectivity index (χ2n) is 10.9. The number of carbonyl (C=O) groups is 1.